The van der Waals surface area contributed by atoms with Crippen molar-refractivity contribution in [1.29, 1.82) is 0 Å². The summed E-state index contributed by atoms with van der Waals surface area (Å²) >= 11 is 4.13. The molecule has 1 N–H and O–H groups in total. The smallest absolute Gasteiger partial charge is 0.253 e. The highest BCUT2D eigenvalue weighted by Crippen LogP contribution is 2.06. The molecule has 0 aliphatic rings. The van der Waals surface area contributed by atoms with Crippen LogP contribution in [0.25, 0.3) is 0 Å². The Balaban J connectivity index is 2.88. The fourth-order valence-corrected chi connectivity index (χ4v) is 1.42. The summed E-state index contributed by atoms with van der Waals surface area (Å²) in [7, 11) is 0. The summed E-state index contributed by atoms with van der Waals surface area (Å²) in [6, 6.07) is 3.56. The van der Waals surface area contributed by atoms with E-state index in [-0.39, 0.29) is 5.91 Å². The highest BCUT2D eigenvalue weighted by molar-refractivity contribution is 7.80. The first-order valence-corrected chi connectivity index (χ1v) is 5.25. The monoisotopic (exact) mass is 210 g/mol. The Morgan fingerprint density at radius 1 is 1.64 bits per heavy atom. The lowest BCUT2D eigenvalue weighted by Crippen LogP contribution is -2.24. The minimum Gasteiger partial charge on any atom is -0.352 e. The SMILES string of the molecule is CCNC(=O)c1cccnc1CCS. The topological polar surface area (TPSA) is 42.0 Å². The van der Waals surface area contributed by atoms with Crippen LogP contribution in [0.5, 0.6) is 0 Å². The van der Waals surface area contributed by atoms with Crippen molar-refractivity contribution < 1.29 is 4.79 Å². The minimum absolute atomic E-state index is 0.0580. The van der Waals surface area contributed by atoms with Crippen LogP contribution in [-0.2, 0) is 6.42 Å². The van der Waals surface area contributed by atoms with Crippen LogP contribution in [-0.4, -0.2) is 23.2 Å². The molecule has 14 heavy (non-hydrogen) atoms. The first-order chi connectivity index (χ1) is 6.79. The largest absolute Gasteiger partial charge is 0.352 e. The molecule has 1 amide bonds. The zero-order valence-corrected chi connectivity index (χ0v) is 9.05. The van der Waals surface area contributed by atoms with E-state index in [1.54, 1.807) is 18.3 Å². The molecule has 3 nitrogen and oxygen atoms in total. The summed E-state index contributed by atoms with van der Waals surface area (Å²) in [6.45, 7) is 2.53. The van der Waals surface area contributed by atoms with Crippen LogP contribution in [0.2, 0.25) is 0 Å². The fourth-order valence-electron chi connectivity index (χ4n) is 1.21. The Hall–Kier alpha value is -1.03. The van der Waals surface area contributed by atoms with E-state index in [4.69, 9.17) is 0 Å². The minimum atomic E-state index is -0.0580. The van der Waals surface area contributed by atoms with E-state index in [1.807, 2.05) is 6.92 Å². The van der Waals surface area contributed by atoms with E-state index in [2.05, 4.69) is 22.9 Å². The molecular formula is C10H14N2OS. The van der Waals surface area contributed by atoms with Gasteiger partial charge >= 0.3 is 0 Å². The molecule has 0 radical (unpaired) electrons. The van der Waals surface area contributed by atoms with Crippen LogP contribution >= 0.6 is 12.6 Å². The van der Waals surface area contributed by atoms with E-state index in [0.29, 0.717) is 17.9 Å². The van der Waals surface area contributed by atoms with E-state index < -0.39 is 0 Å². The molecule has 0 fully saturated rings. The van der Waals surface area contributed by atoms with Gasteiger partial charge in [0.05, 0.1) is 11.3 Å². The van der Waals surface area contributed by atoms with Crippen molar-refractivity contribution in [3.8, 4) is 0 Å². The number of carbonyl (C=O) groups excluding carboxylic acids is 1. The average molecular weight is 210 g/mol. The maximum Gasteiger partial charge on any atom is 0.253 e. The molecule has 0 saturated carbocycles. The fraction of sp³-hybridized carbons (Fsp3) is 0.400. The van der Waals surface area contributed by atoms with E-state index in [9.17, 15) is 4.79 Å². The van der Waals surface area contributed by atoms with Crippen molar-refractivity contribution in [3.05, 3.63) is 29.6 Å². The third-order valence-electron chi connectivity index (χ3n) is 1.82. The molecule has 1 rings (SSSR count). The molecule has 0 bridgehead atoms. The van der Waals surface area contributed by atoms with Crippen LogP contribution in [0.3, 0.4) is 0 Å². The lowest BCUT2D eigenvalue weighted by molar-refractivity contribution is 0.0954. The van der Waals surface area contributed by atoms with Crippen molar-refractivity contribution in [3.63, 3.8) is 0 Å². The Morgan fingerprint density at radius 3 is 3.07 bits per heavy atom. The van der Waals surface area contributed by atoms with Gasteiger partial charge in [-0.05, 0) is 31.2 Å². The van der Waals surface area contributed by atoms with Gasteiger partial charge in [0.15, 0.2) is 0 Å². The average Bonchev–Trinajstić information content (AvgIpc) is 2.19. The number of amides is 1. The number of nitrogens with zero attached hydrogens (tertiary/aromatic N) is 1. The maximum absolute atomic E-state index is 11.6. The molecule has 0 atom stereocenters. The third-order valence-corrected chi connectivity index (χ3v) is 2.04. The number of aromatic nitrogens is 1. The number of hydrogen-bond acceptors (Lipinski definition) is 3. The Bertz CT molecular complexity index is 315. The number of rotatable bonds is 4. The normalized spacial score (nSPS) is 9.86. The van der Waals surface area contributed by atoms with Crippen LogP contribution in [0.4, 0.5) is 0 Å². The summed E-state index contributed by atoms with van der Waals surface area (Å²) in [4.78, 5) is 15.7. The molecular weight excluding hydrogens is 196 g/mol. The number of pyridine rings is 1. The maximum atomic E-state index is 11.6. The summed E-state index contributed by atoms with van der Waals surface area (Å²) in [5.41, 5.74) is 1.47. The van der Waals surface area contributed by atoms with Crippen LogP contribution < -0.4 is 5.32 Å². The first-order valence-electron chi connectivity index (χ1n) is 4.62. The Labute approximate surface area is 89.3 Å². The highest BCUT2D eigenvalue weighted by atomic mass is 32.1. The molecule has 1 aromatic rings. The number of nitrogens with one attached hydrogen (secondary N) is 1. The second-order valence-corrected chi connectivity index (χ2v) is 3.28. The molecule has 1 heterocycles. The van der Waals surface area contributed by atoms with Crippen molar-refractivity contribution in [2.24, 2.45) is 0 Å². The van der Waals surface area contributed by atoms with Gasteiger partial charge in [-0.25, -0.2) is 0 Å². The van der Waals surface area contributed by atoms with Crippen LogP contribution in [0.1, 0.15) is 23.0 Å². The van der Waals surface area contributed by atoms with E-state index >= 15 is 0 Å². The standard InChI is InChI=1S/C10H14N2OS/c1-2-11-10(13)8-4-3-6-12-9(8)5-7-14/h3-4,6,14H,2,5,7H2,1H3,(H,11,13). The highest BCUT2D eigenvalue weighted by Gasteiger charge is 2.09. The van der Waals surface area contributed by atoms with Gasteiger partial charge in [-0.3, -0.25) is 9.78 Å². The Morgan fingerprint density at radius 2 is 2.43 bits per heavy atom. The summed E-state index contributed by atoms with van der Waals surface area (Å²) in [5, 5.41) is 2.76. The number of aryl methyl sites for hydroxylation is 1. The number of hydrogen-bond donors (Lipinski definition) is 2. The lowest BCUT2D eigenvalue weighted by atomic mass is 10.1. The van der Waals surface area contributed by atoms with Crippen LogP contribution in [0.15, 0.2) is 18.3 Å². The van der Waals surface area contributed by atoms with Crippen molar-refractivity contribution in [2.75, 3.05) is 12.3 Å². The molecule has 0 aromatic carbocycles. The van der Waals surface area contributed by atoms with Crippen molar-refractivity contribution >= 4 is 18.5 Å². The van der Waals surface area contributed by atoms with E-state index in [1.165, 1.54) is 0 Å². The van der Waals surface area contributed by atoms with Crippen LogP contribution in [0, 0.1) is 0 Å². The van der Waals surface area contributed by atoms with Gasteiger partial charge in [-0.15, -0.1) is 0 Å². The van der Waals surface area contributed by atoms with E-state index in [0.717, 1.165) is 12.1 Å². The zero-order chi connectivity index (χ0) is 10.4. The second-order valence-electron chi connectivity index (χ2n) is 2.83. The van der Waals surface area contributed by atoms with Crippen molar-refractivity contribution in [2.45, 2.75) is 13.3 Å². The zero-order valence-electron chi connectivity index (χ0n) is 8.16. The molecule has 1 aromatic heterocycles. The third kappa shape index (κ3) is 2.73. The second kappa shape index (κ2) is 5.65. The summed E-state index contributed by atoms with van der Waals surface area (Å²) in [5.74, 6) is 0.640. The predicted molar refractivity (Wildman–Crippen MR) is 59.8 cm³/mol. The summed E-state index contributed by atoms with van der Waals surface area (Å²) < 4.78 is 0. The van der Waals surface area contributed by atoms with Gasteiger partial charge in [-0.2, -0.15) is 12.6 Å². The Kier molecular flexibility index (Phi) is 4.46. The molecule has 0 unspecified atom stereocenters. The molecule has 0 aliphatic carbocycles. The van der Waals surface area contributed by atoms with Gasteiger partial charge in [0.2, 0.25) is 0 Å². The van der Waals surface area contributed by atoms with Gasteiger partial charge in [0.1, 0.15) is 0 Å². The van der Waals surface area contributed by atoms with Gasteiger partial charge in [0.25, 0.3) is 5.91 Å². The van der Waals surface area contributed by atoms with Gasteiger partial charge < -0.3 is 5.32 Å². The van der Waals surface area contributed by atoms with Gasteiger partial charge in [-0.1, -0.05) is 0 Å². The van der Waals surface area contributed by atoms with Gasteiger partial charge in [0, 0.05) is 12.7 Å². The first kappa shape index (κ1) is 11.0. The number of carbonyl (C=O) groups is 1. The lowest BCUT2D eigenvalue weighted by Gasteiger charge is -2.06. The molecule has 76 valence electrons. The summed E-state index contributed by atoms with van der Waals surface area (Å²) in [6.07, 6.45) is 2.41. The predicted octanol–water partition coefficient (Wildman–Crippen LogP) is 1.30. The molecule has 0 spiro atoms. The quantitative estimate of drug-likeness (QED) is 0.736. The molecule has 0 aliphatic heterocycles. The van der Waals surface area contributed by atoms with Crippen molar-refractivity contribution in [1.82, 2.24) is 10.3 Å². The molecule has 4 heteroatoms. The number of thiol groups is 1. The molecule has 0 saturated heterocycles.